The molecule has 0 aliphatic carbocycles. The molecule has 2 amide bonds. The van der Waals surface area contributed by atoms with Gasteiger partial charge in [0.15, 0.2) is 17.3 Å². The number of ketones is 1. The van der Waals surface area contributed by atoms with Crippen LogP contribution in [0.15, 0.2) is 45.8 Å². The summed E-state index contributed by atoms with van der Waals surface area (Å²) in [5.41, 5.74) is 0.667. The molecule has 0 saturated carbocycles. The molecule has 2 aromatic carbocycles. The van der Waals surface area contributed by atoms with E-state index in [2.05, 4.69) is 15.9 Å². The smallest absolute Gasteiger partial charge is 0.293 e. The highest BCUT2D eigenvalue weighted by atomic mass is 79.9. The van der Waals surface area contributed by atoms with Crippen molar-refractivity contribution in [2.24, 2.45) is 0 Å². The molecular formula is C20H15BrClNO5S. The quantitative estimate of drug-likeness (QED) is 0.441. The summed E-state index contributed by atoms with van der Waals surface area (Å²) in [4.78, 5) is 38.3. The number of carbonyl (C=O) groups excluding carboxylic acids is 3. The van der Waals surface area contributed by atoms with E-state index in [1.165, 1.54) is 18.2 Å². The van der Waals surface area contributed by atoms with Crippen LogP contribution in [0, 0.1) is 0 Å². The first-order chi connectivity index (χ1) is 13.8. The van der Waals surface area contributed by atoms with Crippen molar-refractivity contribution in [3.63, 3.8) is 0 Å². The summed E-state index contributed by atoms with van der Waals surface area (Å²) < 4.78 is 6.01. The summed E-state index contributed by atoms with van der Waals surface area (Å²) in [6.07, 6.45) is 1.40. The Morgan fingerprint density at radius 1 is 1.28 bits per heavy atom. The molecule has 9 heteroatoms. The lowest BCUT2D eigenvalue weighted by molar-refractivity contribution is -0.122. The Labute approximate surface area is 184 Å². The van der Waals surface area contributed by atoms with Crippen LogP contribution in [0.3, 0.4) is 0 Å². The minimum absolute atomic E-state index is 0.106. The lowest BCUT2D eigenvalue weighted by atomic mass is 10.1. The van der Waals surface area contributed by atoms with Gasteiger partial charge in [-0.25, -0.2) is 0 Å². The number of rotatable bonds is 6. The summed E-state index contributed by atoms with van der Waals surface area (Å²) >= 11 is 9.84. The number of ether oxygens (including phenoxy) is 1. The molecule has 1 N–H and O–H groups in total. The molecule has 1 heterocycles. The lowest BCUT2D eigenvalue weighted by Crippen LogP contribution is -2.33. The number of thioether (sulfide) groups is 1. The molecular weight excluding hydrogens is 482 g/mol. The molecule has 6 nitrogen and oxygen atoms in total. The van der Waals surface area contributed by atoms with E-state index in [9.17, 15) is 19.5 Å². The van der Waals surface area contributed by atoms with Gasteiger partial charge in [0.25, 0.3) is 11.1 Å². The second-order valence-electron chi connectivity index (χ2n) is 5.97. The van der Waals surface area contributed by atoms with Gasteiger partial charge in [0.2, 0.25) is 0 Å². The first kappa shape index (κ1) is 21.4. The number of imide groups is 1. The van der Waals surface area contributed by atoms with E-state index in [1.807, 2.05) is 0 Å². The number of aromatic hydroxyl groups is 1. The maximum absolute atomic E-state index is 12.7. The highest BCUT2D eigenvalue weighted by Crippen LogP contribution is 2.38. The number of halogens is 2. The summed E-state index contributed by atoms with van der Waals surface area (Å²) in [6, 6.07) is 9.41. The van der Waals surface area contributed by atoms with Crippen LogP contribution in [0.5, 0.6) is 11.5 Å². The Balaban J connectivity index is 1.83. The Hall–Kier alpha value is -2.29. The van der Waals surface area contributed by atoms with Crippen LogP contribution in [0.4, 0.5) is 4.79 Å². The fraction of sp³-hybridized carbons (Fsp3) is 0.150. The molecule has 0 unspecified atom stereocenters. The zero-order chi connectivity index (χ0) is 21.1. The molecule has 0 spiro atoms. The number of phenols is 1. The van der Waals surface area contributed by atoms with E-state index < -0.39 is 11.1 Å². The number of carbonyl (C=O) groups is 3. The molecule has 1 fully saturated rings. The normalized spacial score (nSPS) is 15.3. The third-order valence-electron chi connectivity index (χ3n) is 4.00. The highest BCUT2D eigenvalue weighted by molar-refractivity contribution is 9.10. The van der Waals surface area contributed by atoms with E-state index in [4.69, 9.17) is 16.3 Å². The van der Waals surface area contributed by atoms with Crippen molar-refractivity contribution in [3.8, 4) is 11.5 Å². The number of phenolic OH excluding ortho intramolecular Hbond substituents is 1. The van der Waals surface area contributed by atoms with Crippen molar-refractivity contribution in [1.82, 2.24) is 4.90 Å². The number of Topliss-reactive ketones (excluding diaryl/α,β-unsaturated/α-hetero) is 1. The number of hydrogen-bond acceptors (Lipinski definition) is 6. The van der Waals surface area contributed by atoms with E-state index in [0.29, 0.717) is 39.0 Å². The zero-order valence-electron chi connectivity index (χ0n) is 15.1. The predicted molar refractivity (Wildman–Crippen MR) is 115 cm³/mol. The Morgan fingerprint density at radius 3 is 2.62 bits per heavy atom. The van der Waals surface area contributed by atoms with Gasteiger partial charge in [-0.3, -0.25) is 19.3 Å². The fourth-order valence-electron chi connectivity index (χ4n) is 2.62. The Kier molecular flexibility index (Phi) is 6.66. The Morgan fingerprint density at radius 2 is 1.97 bits per heavy atom. The van der Waals surface area contributed by atoms with Crippen LogP contribution < -0.4 is 4.74 Å². The number of hydrogen-bond donors (Lipinski definition) is 1. The van der Waals surface area contributed by atoms with Crippen LogP contribution in [-0.2, 0) is 4.79 Å². The largest absolute Gasteiger partial charge is 0.504 e. The standard InChI is InChI=1S/C20H15BrClNO5S/c1-2-28-16-9-13(21)7-12(18(16)25)8-17-19(26)23(20(27)29-17)10-15(24)11-3-5-14(22)6-4-11/h3-9,25H,2,10H2,1H3/b17-8-. The molecule has 0 radical (unpaired) electrons. The topological polar surface area (TPSA) is 83.9 Å². The zero-order valence-corrected chi connectivity index (χ0v) is 18.3. The van der Waals surface area contributed by atoms with Gasteiger partial charge in [-0.05, 0) is 61.2 Å². The first-order valence-electron chi connectivity index (χ1n) is 8.49. The third-order valence-corrected chi connectivity index (χ3v) is 5.61. The minimum atomic E-state index is -0.598. The van der Waals surface area contributed by atoms with Crippen molar-refractivity contribution in [2.45, 2.75) is 6.92 Å². The maximum Gasteiger partial charge on any atom is 0.293 e. The van der Waals surface area contributed by atoms with Crippen LogP contribution in [-0.4, -0.2) is 40.1 Å². The minimum Gasteiger partial charge on any atom is -0.504 e. The van der Waals surface area contributed by atoms with Crippen LogP contribution in [0.25, 0.3) is 6.08 Å². The summed E-state index contributed by atoms with van der Waals surface area (Å²) in [5, 5.41) is 10.3. The van der Waals surface area contributed by atoms with Gasteiger partial charge < -0.3 is 9.84 Å². The summed E-state index contributed by atoms with van der Waals surface area (Å²) in [6.45, 7) is 1.76. The van der Waals surface area contributed by atoms with Gasteiger partial charge in [0, 0.05) is 20.6 Å². The first-order valence-corrected chi connectivity index (χ1v) is 10.5. The monoisotopic (exact) mass is 495 g/mol. The molecule has 0 aromatic heterocycles. The molecule has 2 aromatic rings. The SMILES string of the molecule is CCOc1cc(Br)cc(/C=C2\SC(=O)N(CC(=O)c3ccc(Cl)cc3)C2=O)c1O. The lowest BCUT2D eigenvalue weighted by Gasteiger charge is -2.11. The highest BCUT2D eigenvalue weighted by Gasteiger charge is 2.36. The predicted octanol–water partition coefficient (Wildman–Crippen LogP) is 5.13. The van der Waals surface area contributed by atoms with Gasteiger partial charge in [-0.1, -0.05) is 27.5 Å². The van der Waals surface area contributed by atoms with Crippen LogP contribution in [0.1, 0.15) is 22.8 Å². The Bertz CT molecular complexity index is 1020. The van der Waals surface area contributed by atoms with Crippen molar-refractivity contribution in [3.05, 3.63) is 61.9 Å². The number of benzene rings is 2. The molecule has 0 bridgehead atoms. The van der Waals surface area contributed by atoms with Gasteiger partial charge in [0.1, 0.15) is 0 Å². The van der Waals surface area contributed by atoms with Crippen molar-refractivity contribution in [2.75, 3.05) is 13.2 Å². The van der Waals surface area contributed by atoms with Crippen LogP contribution in [0.2, 0.25) is 5.02 Å². The molecule has 29 heavy (non-hydrogen) atoms. The van der Waals surface area contributed by atoms with Gasteiger partial charge in [0.05, 0.1) is 18.1 Å². The molecule has 3 rings (SSSR count). The fourth-order valence-corrected chi connectivity index (χ4v) is 4.03. The average molecular weight is 497 g/mol. The molecule has 150 valence electrons. The molecule has 1 aliphatic heterocycles. The maximum atomic E-state index is 12.7. The van der Waals surface area contributed by atoms with E-state index in [0.717, 1.165) is 4.90 Å². The molecule has 1 saturated heterocycles. The van der Waals surface area contributed by atoms with Gasteiger partial charge >= 0.3 is 0 Å². The number of nitrogens with zero attached hydrogens (tertiary/aromatic N) is 1. The van der Waals surface area contributed by atoms with E-state index in [-0.39, 0.29) is 28.7 Å². The summed E-state index contributed by atoms with van der Waals surface area (Å²) in [7, 11) is 0. The van der Waals surface area contributed by atoms with E-state index in [1.54, 1.807) is 31.2 Å². The second-order valence-corrected chi connectivity index (χ2v) is 8.32. The molecule has 1 aliphatic rings. The van der Waals surface area contributed by atoms with Gasteiger partial charge in [-0.2, -0.15) is 0 Å². The van der Waals surface area contributed by atoms with Crippen LogP contribution >= 0.6 is 39.3 Å². The van der Waals surface area contributed by atoms with Crippen molar-refractivity contribution < 1.29 is 24.2 Å². The average Bonchev–Trinajstić information content (AvgIpc) is 2.93. The molecule has 0 atom stereocenters. The van der Waals surface area contributed by atoms with Crippen molar-refractivity contribution >= 4 is 62.3 Å². The van der Waals surface area contributed by atoms with E-state index >= 15 is 0 Å². The van der Waals surface area contributed by atoms with Gasteiger partial charge in [-0.15, -0.1) is 0 Å². The number of amides is 2. The summed E-state index contributed by atoms with van der Waals surface area (Å²) in [5.74, 6) is -0.863. The second kappa shape index (κ2) is 9.02. The third kappa shape index (κ3) is 4.83. The van der Waals surface area contributed by atoms with Crippen molar-refractivity contribution in [1.29, 1.82) is 0 Å².